The molecular weight excluding hydrogens is 366 g/mol. The average Bonchev–Trinajstić information content (AvgIpc) is 2.63. The molecule has 7 N–H and O–H groups in total. The second kappa shape index (κ2) is 15.2. The van der Waals surface area contributed by atoms with E-state index in [2.05, 4.69) is 25.9 Å². The first kappa shape index (κ1) is 25.1. The van der Waals surface area contributed by atoms with Gasteiger partial charge in [0.1, 0.15) is 13.2 Å². The van der Waals surface area contributed by atoms with Gasteiger partial charge in [0.15, 0.2) is 11.9 Å². The Morgan fingerprint density at radius 2 is 1.79 bits per heavy atom. The number of carbonyl (C=O) groups is 3. The maximum absolute atomic E-state index is 12.0. The van der Waals surface area contributed by atoms with Gasteiger partial charge in [-0.15, -0.1) is 0 Å². The summed E-state index contributed by atoms with van der Waals surface area (Å²) in [5, 5.41) is 7.80. The number of nitrogens with one attached hydrogen (secondary N) is 3. The predicted molar refractivity (Wildman–Crippen MR) is 108 cm³/mol. The minimum Gasteiger partial charge on any atom is -0.479 e. The highest BCUT2D eigenvalue weighted by atomic mass is 16.5. The SMILES string of the molecule is CCC(=NCC(=O)NC(C)CCCN=C(N)N)OCC(C)NC(=O)CNC=O. The second-order valence-corrected chi connectivity index (χ2v) is 6.26. The predicted octanol–water partition coefficient (Wildman–Crippen LogP) is -1.38. The first-order valence-electron chi connectivity index (χ1n) is 9.25. The maximum Gasteiger partial charge on any atom is 0.242 e. The van der Waals surface area contributed by atoms with Crippen LogP contribution in [0.5, 0.6) is 0 Å². The molecule has 0 fully saturated rings. The van der Waals surface area contributed by atoms with E-state index < -0.39 is 0 Å². The number of nitrogens with two attached hydrogens (primary N) is 2. The van der Waals surface area contributed by atoms with Gasteiger partial charge in [0.2, 0.25) is 18.2 Å². The van der Waals surface area contributed by atoms with Gasteiger partial charge in [0.05, 0.1) is 12.6 Å². The zero-order chi connectivity index (χ0) is 21.4. The molecule has 0 heterocycles. The van der Waals surface area contributed by atoms with Crippen LogP contribution in [-0.4, -0.2) is 68.4 Å². The van der Waals surface area contributed by atoms with E-state index in [0.29, 0.717) is 25.3 Å². The van der Waals surface area contributed by atoms with Crippen LogP contribution in [0.25, 0.3) is 0 Å². The molecule has 0 rings (SSSR count). The maximum atomic E-state index is 12.0. The largest absolute Gasteiger partial charge is 0.479 e. The van der Waals surface area contributed by atoms with Crippen molar-refractivity contribution >= 4 is 30.1 Å². The highest BCUT2D eigenvalue weighted by molar-refractivity contribution is 5.83. The molecule has 0 aliphatic carbocycles. The van der Waals surface area contributed by atoms with Crippen LogP contribution in [0.2, 0.25) is 0 Å². The Bertz CT molecular complexity index is 548. The fraction of sp³-hybridized carbons (Fsp3) is 0.706. The van der Waals surface area contributed by atoms with Gasteiger partial charge in [-0.3, -0.25) is 19.4 Å². The van der Waals surface area contributed by atoms with Crippen LogP contribution in [0.1, 0.15) is 40.0 Å². The van der Waals surface area contributed by atoms with E-state index in [1.54, 1.807) is 6.92 Å². The topological polar surface area (TPSA) is 173 Å². The minimum atomic E-state index is -0.314. The molecule has 0 aromatic carbocycles. The molecule has 0 saturated carbocycles. The van der Waals surface area contributed by atoms with Crippen LogP contribution >= 0.6 is 0 Å². The summed E-state index contributed by atoms with van der Waals surface area (Å²) in [5.41, 5.74) is 10.5. The van der Waals surface area contributed by atoms with Crippen LogP contribution in [0.4, 0.5) is 0 Å². The van der Waals surface area contributed by atoms with E-state index in [4.69, 9.17) is 16.2 Å². The van der Waals surface area contributed by atoms with E-state index >= 15 is 0 Å². The van der Waals surface area contributed by atoms with Gasteiger partial charge in [-0.1, -0.05) is 6.92 Å². The zero-order valence-electron chi connectivity index (χ0n) is 16.9. The van der Waals surface area contributed by atoms with Crippen molar-refractivity contribution in [3.63, 3.8) is 0 Å². The average molecular weight is 399 g/mol. The van der Waals surface area contributed by atoms with Crippen molar-refractivity contribution in [1.29, 1.82) is 0 Å². The Morgan fingerprint density at radius 3 is 2.39 bits per heavy atom. The van der Waals surface area contributed by atoms with Gasteiger partial charge in [-0.2, -0.15) is 0 Å². The molecule has 11 heteroatoms. The molecule has 3 amide bonds. The number of nitrogens with zero attached hydrogens (tertiary/aromatic N) is 2. The van der Waals surface area contributed by atoms with Crippen LogP contribution < -0.4 is 27.4 Å². The number of rotatable bonds is 14. The minimum absolute atomic E-state index is 0.0156. The monoisotopic (exact) mass is 399 g/mol. The third kappa shape index (κ3) is 14.3. The van der Waals surface area contributed by atoms with Crippen LogP contribution in [0.15, 0.2) is 9.98 Å². The Balaban J connectivity index is 4.18. The number of guanidine groups is 1. The van der Waals surface area contributed by atoms with Crippen LogP contribution in [-0.2, 0) is 19.1 Å². The van der Waals surface area contributed by atoms with Gasteiger partial charge in [0, 0.05) is 19.0 Å². The third-order valence-corrected chi connectivity index (χ3v) is 3.45. The summed E-state index contributed by atoms with van der Waals surface area (Å²) in [5.74, 6) is -0.0242. The Morgan fingerprint density at radius 1 is 1.11 bits per heavy atom. The summed E-state index contributed by atoms with van der Waals surface area (Å²) in [7, 11) is 0. The lowest BCUT2D eigenvalue weighted by Crippen LogP contribution is -2.41. The zero-order valence-corrected chi connectivity index (χ0v) is 16.9. The van der Waals surface area contributed by atoms with Gasteiger partial charge < -0.3 is 32.2 Å². The summed E-state index contributed by atoms with van der Waals surface area (Å²) in [6, 6.07) is -0.283. The first-order valence-corrected chi connectivity index (χ1v) is 9.25. The number of ether oxygens (including phenoxy) is 1. The molecule has 2 unspecified atom stereocenters. The van der Waals surface area contributed by atoms with E-state index in [-0.39, 0.29) is 49.6 Å². The molecule has 0 saturated heterocycles. The summed E-state index contributed by atoms with van der Waals surface area (Å²) in [6.07, 6.45) is 2.49. The normalized spacial score (nSPS) is 13.0. The standard InChI is InChI=1S/C17H33N7O4/c1-4-16(28-10-13(3)24-14(26)8-20-11-25)22-9-15(27)23-12(2)6-5-7-21-17(18)19/h11-13H,4-10H2,1-3H3,(H,20,25)(H,23,27)(H,24,26)(H4,18,19,21). The Kier molecular flexibility index (Phi) is 13.7. The van der Waals surface area contributed by atoms with Gasteiger partial charge >= 0.3 is 0 Å². The number of carbonyl (C=O) groups excluding carboxylic acids is 3. The molecule has 0 aromatic rings. The highest BCUT2D eigenvalue weighted by Crippen LogP contribution is 1.98. The van der Waals surface area contributed by atoms with Crippen LogP contribution in [0, 0.1) is 0 Å². The van der Waals surface area contributed by atoms with Crippen molar-refractivity contribution in [2.45, 2.75) is 52.1 Å². The van der Waals surface area contributed by atoms with E-state index in [1.807, 2.05) is 13.8 Å². The molecule has 0 aliphatic rings. The molecule has 0 spiro atoms. The Labute approximate surface area is 165 Å². The smallest absolute Gasteiger partial charge is 0.242 e. The molecule has 11 nitrogen and oxygen atoms in total. The second-order valence-electron chi connectivity index (χ2n) is 6.26. The number of aliphatic imine (C=N–C) groups is 2. The molecular formula is C17H33N7O4. The third-order valence-electron chi connectivity index (χ3n) is 3.45. The number of amides is 3. The highest BCUT2D eigenvalue weighted by Gasteiger charge is 2.10. The molecule has 0 radical (unpaired) electrons. The summed E-state index contributed by atoms with van der Waals surface area (Å²) >= 11 is 0. The van der Waals surface area contributed by atoms with Gasteiger partial charge in [0.25, 0.3) is 0 Å². The van der Waals surface area contributed by atoms with E-state index in [9.17, 15) is 14.4 Å². The fourth-order valence-electron chi connectivity index (χ4n) is 2.14. The van der Waals surface area contributed by atoms with Crippen molar-refractivity contribution in [2.24, 2.45) is 21.5 Å². The molecule has 0 aliphatic heterocycles. The van der Waals surface area contributed by atoms with Gasteiger partial charge in [-0.25, -0.2) is 4.99 Å². The first-order chi connectivity index (χ1) is 13.3. The van der Waals surface area contributed by atoms with Crippen molar-refractivity contribution in [3.05, 3.63) is 0 Å². The number of hydrogen-bond donors (Lipinski definition) is 5. The Hall–Kier alpha value is -2.85. The lowest BCUT2D eigenvalue weighted by Gasteiger charge is -2.16. The van der Waals surface area contributed by atoms with Crippen LogP contribution in [0.3, 0.4) is 0 Å². The van der Waals surface area contributed by atoms with Crippen molar-refractivity contribution in [1.82, 2.24) is 16.0 Å². The lowest BCUT2D eigenvalue weighted by atomic mass is 10.2. The lowest BCUT2D eigenvalue weighted by molar-refractivity contribution is -0.122. The molecule has 28 heavy (non-hydrogen) atoms. The van der Waals surface area contributed by atoms with E-state index in [0.717, 1.165) is 12.8 Å². The van der Waals surface area contributed by atoms with Crippen molar-refractivity contribution < 1.29 is 19.1 Å². The number of hydrogen-bond acceptors (Lipinski definition) is 6. The van der Waals surface area contributed by atoms with E-state index in [1.165, 1.54) is 0 Å². The fourth-order valence-corrected chi connectivity index (χ4v) is 2.14. The molecule has 0 bridgehead atoms. The molecule has 160 valence electrons. The molecule has 0 aromatic heterocycles. The summed E-state index contributed by atoms with van der Waals surface area (Å²) in [4.78, 5) is 41.7. The van der Waals surface area contributed by atoms with Crippen molar-refractivity contribution in [3.8, 4) is 0 Å². The van der Waals surface area contributed by atoms with Crippen molar-refractivity contribution in [2.75, 3.05) is 26.2 Å². The quantitative estimate of drug-likeness (QED) is 0.104. The summed E-state index contributed by atoms with van der Waals surface area (Å²) < 4.78 is 5.54. The van der Waals surface area contributed by atoms with Gasteiger partial charge in [-0.05, 0) is 26.7 Å². The summed E-state index contributed by atoms with van der Waals surface area (Å²) in [6.45, 7) is 6.14. The molecule has 2 atom stereocenters.